The molecular weight excluding hydrogens is 222 g/mol. The first-order valence-corrected chi connectivity index (χ1v) is 6.59. The van der Waals surface area contributed by atoms with Gasteiger partial charge in [0, 0.05) is 24.0 Å². The summed E-state index contributed by atoms with van der Waals surface area (Å²) in [6, 6.07) is 10.3. The number of pyridine rings is 1. The molecule has 1 saturated heterocycles. The van der Waals surface area contributed by atoms with Gasteiger partial charge >= 0.3 is 0 Å². The summed E-state index contributed by atoms with van der Waals surface area (Å²) in [5, 5.41) is 1.17. The van der Waals surface area contributed by atoms with Crippen LogP contribution >= 0.6 is 0 Å². The zero-order valence-corrected chi connectivity index (χ0v) is 10.8. The van der Waals surface area contributed by atoms with Crippen molar-refractivity contribution in [1.82, 2.24) is 9.88 Å². The van der Waals surface area contributed by atoms with Gasteiger partial charge in [-0.2, -0.15) is 0 Å². The summed E-state index contributed by atoms with van der Waals surface area (Å²) in [6.07, 6.45) is 1.29. The molecule has 1 unspecified atom stereocenters. The lowest BCUT2D eigenvalue weighted by atomic mass is 10.1. The van der Waals surface area contributed by atoms with Gasteiger partial charge in [0.25, 0.3) is 0 Å². The van der Waals surface area contributed by atoms with Gasteiger partial charge in [0.2, 0.25) is 0 Å². The summed E-state index contributed by atoms with van der Waals surface area (Å²) in [7, 11) is 0. The van der Waals surface area contributed by atoms with Crippen LogP contribution in [-0.2, 0) is 6.54 Å². The van der Waals surface area contributed by atoms with Crippen LogP contribution in [0.2, 0.25) is 0 Å². The first-order chi connectivity index (χ1) is 8.72. The molecule has 18 heavy (non-hydrogen) atoms. The molecular formula is C15H19N3. The van der Waals surface area contributed by atoms with Gasteiger partial charge in [-0.25, -0.2) is 4.98 Å². The molecule has 1 aromatic carbocycles. The summed E-state index contributed by atoms with van der Waals surface area (Å²) < 4.78 is 0. The van der Waals surface area contributed by atoms with Crippen molar-refractivity contribution in [2.45, 2.75) is 19.9 Å². The number of nitrogens with two attached hydrogens (primary N) is 1. The number of likely N-dealkylation sites (tertiary alicyclic amines) is 1. The molecule has 0 spiro atoms. The highest BCUT2D eigenvalue weighted by Crippen LogP contribution is 2.23. The minimum absolute atomic E-state index is 0.674. The first-order valence-electron chi connectivity index (χ1n) is 6.59. The summed E-state index contributed by atoms with van der Waals surface area (Å²) in [6.45, 7) is 5.58. The maximum atomic E-state index is 6.06. The van der Waals surface area contributed by atoms with Gasteiger partial charge in [-0.05, 0) is 31.0 Å². The topological polar surface area (TPSA) is 42.2 Å². The maximum absolute atomic E-state index is 6.06. The number of fused-ring (bicyclic) bond motifs is 1. The molecule has 1 fully saturated rings. The summed E-state index contributed by atoms with van der Waals surface area (Å²) >= 11 is 0. The van der Waals surface area contributed by atoms with Crippen LogP contribution < -0.4 is 5.73 Å². The smallest absolute Gasteiger partial charge is 0.128 e. The van der Waals surface area contributed by atoms with Gasteiger partial charge in [0.05, 0.1) is 5.52 Å². The quantitative estimate of drug-likeness (QED) is 0.879. The van der Waals surface area contributed by atoms with Crippen molar-refractivity contribution >= 4 is 16.7 Å². The SMILES string of the molecule is CC1CCN(Cc2cc3ccccc3nc2N)C1. The molecule has 94 valence electrons. The Labute approximate surface area is 108 Å². The monoisotopic (exact) mass is 241 g/mol. The number of hydrogen-bond donors (Lipinski definition) is 1. The van der Waals surface area contributed by atoms with Gasteiger partial charge in [-0.1, -0.05) is 25.1 Å². The van der Waals surface area contributed by atoms with E-state index in [9.17, 15) is 0 Å². The average Bonchev–Trinajstić information content (AvgIpc) is 2.76. The number of nitrogens with zero attached hydrogens (tertiary/aromatic N) is 2. The summed E-state index contributed by atoms with van der Waals surface area (Å²) in [5.41, 5.74) is 8.20. The Morgan fingerprint density at radius 3 is 3.00 bits per heavy atom. The molecule has 0 amide bonds. The van der Waals surface area contributed by atoms with E-state index in [2.05, 4.69) is 28.9 Å². The third-order valence-corrected chi connectivity index (χ3v) is 3.74. The van der Waals surface area contributed by atoms with Gasteiger partial charge in [-0.3, -0.25) is 4.90 Å². The molecule has 0 bridgehead atoms. The van der Waals surface area contributed by atoms with Gasteiger partial charge in [-0.15, -0.1) is 0 Å². The Morgan fingerprint density at radius 1 is 1.39 bits per heavy atom. The van der Waals surface area contributed by atoms with Gasteiger partial charge in [0.15, 0.2) is 0 Å². The molecule has 1 aliphatic heterocycles. The zero-order valence-electron chi connectivity index (χ0n) is 10.8. The molecule has 3 nitrogen and oxygen atoms in total. The predicted octanol–water partition coefficient (Wildman–Crippen LogP) is 2.66. The highest BCUT2D eigenvalue weighted by molar-refractivity contribution is 5.81. The lowest BCUT2D eigenvalue weighted by Crippen LogP contribution is -2.20. The van der Waals surface area contributed by atoms with E-state index in [1.54, 1.807) is 0 Å². The molecule has 1 aliphatic rings. The highest BCUT2D eigenvalue weighted by atomic mass is 15.1. The van der Waals surface area contributed by atoms with Crippen LogP contribution in [0.25, 0.3) is 10.9 Å². The molecule has 1 aromatic heterocycles. The fourth-order valence-corrected chi connectivity index (χ4v) is 2.71. The van der Waals surface area contributed by atoms with E-state index in [0.29, 0.717) is 5.82 Å². The molecule has 2 heterocycles. The Bertz CT molecular complexity index is 565. The lowest BCUT2D eigenvalue weighted by Gasteiger charge is -2.16. The zero-order chi connectivity index (χ0) is 12.5. The molecule has 2 N–H and O–H groups in total. The first kappa shape index (κ1) is 11.5. The number of anilines is 1. The van der Waals surface area contributed by atoms with Crippen LogP contribution in [0.1, 0.15) is 18.9 Å². The number of rotatable bonds is 2. The lowest BCUT2D eigenvalue weighted by molar-refractivity contribution is 0.321. The second kappa shape index (κ2) is 4.58. The van der Waals surface area contributed by atoms with Crippen LogP contribution in [-0.4, -0.2) is 23.0 Å². The third-order valence-electron chi connectivity index (χ3n) is 3.74. The fourth-order valence-electron chi connectivity index (χ4n) is 2.71. The number of hydrogen-bond acceptors (Lipinski definition) is 3. The molecule has 0 saturated carbocycles. The Balaban J connectivity index is 1.89. The van der Waals surface area contributed by atoms with E-state index in [4.69, 9.17) is 5.73 Å². The fraction of sp³-hybridized carbons (Fsp3) is 0.400. The van der Waals surface area contributed by atoms with Crippen molar-refractivity contribution in [3.63, 3.8) is 0 Å². The molecule has 3 rings (SSSR count). The van der Waals surface area contributed by atoms with Crippen molar-refractivity contribution in [2.24, 2.45) is 5.92 Å². The van der Waals surface area contributed by atoms with Crippen LogP contribution in [0.4, 0.5) is 5.82 Å². The largest absolute Gasteiger partial charge is 0.383 e. The summed E-state index contributed by atoms with van der Waals surface area (Å²) in [5.74, 6) is 1.48. The Morgan fingerprint density at radius 2 is 2.22 bits per heavy atom. The predicted molar refractivity (Wildman–Crippen MR) is 75.2 cm³/mol. The van der Waals surface area contributed by atoms with Gasteiger partial charge < -0.3 is 5.73 Å². The van der Waals surface area contributed by atoms with Crippen molar-refractivity contribution in [3.05, 3.63) is 35.9 Å². The van der Waals surface area contributed by atoms with E-state index in [1.165, 1.54) is 24.9 Å². The van der Waals surface area contributed by atoms with E-state index < -0.39 is 0 Å². The Hall–Kier alpha value is -1.61. The Kier molecular flexibility index (Phi) is 2.92. The summed E-state index contributed by atoms with van der Waals surface area (Å²) in [4.78, 5) is 6.95. The molecule has 2 aromatic rings. The van der Waals surface area contributed by atoms with Crippen molar-refractivity contribution in [1.29, 1.82) is 0 Å². The second-order valence-corrected chi connectivity index (χ2v) is 5.35. The second-order valence-electron chi connectivity index (χ2n) is 5.35. The molecule has 3 heteroatoms. The maximum Gasteiger partial charge on any atom is 0.128 e. The molecule has 1 atom stereocenters. The van der Waals surface area contributed by atoms with Crippen molar-refractivity contribution < 1.29 is 0 Å². The number of aromatic nitrogens is 1. The minimum atomic E-state index is 0.674. The van der Waals surface area contributed by atoms with E-state index in [1.807, 2.05) is 18.2 Å². The molecule has 0 aliphatic carbocycles. The number of para-hydroxylation sites is 1. The van der Waals surface area contributed by atoms with Crippen molar-refractivity contribution in [2.75, 3.05) is 18.8 Å². The van der Waals surface area contributed by atoms with Crippen LogP contribution in [0.15, 0.2) is 30.3 Å². The highest BCUT2D eigenvalue weighted by Gasteiger charge is 2.19. The van der Waals surface area contributed by atoms with Crippen molar-refractivity contribution in [3.8, 4) is 0 Å². The minimum Gasteiger partial charge on any atom is -0.383 e. The third kappa shape index (κ3) is 2.18. The normalized spacial score (nSPS) is 20.6. The number of benzene rings is 1. The van der Waals surface area contributed by atoms with Crippen LogP contribution in [0.5, 0.6) is 0 Å². The number of nitrogen functional groups attached to an aromatic ring is 1. The average molecular weight is 241 g/mol. The van der Waals surface area contributed by atoms with E-state index >= 15 is 0 Å². The standard InChI is InChI=1S/C15H19N3/c1-11-6-7-18(9-11)10-13-8-12-4-2-3-5-14(12)17-15(13)16/h2-5,8,11H,6-7,9-10H2,1H3,(H2,16,17). The van der Waals surface area contributed by atoms with Crippen LogP contribution in [0.3, 0.4) is 0 Å². The van der Waals surface area contributed by atoms with E-state index in [-0.39, 0.29) is 0 Å². The molecule has 0 radical (unpaired) electrons. The van der Waals surface area contributed by atoms with Gasteiger partial charge in [0.1, 0.15) is 5.82 Å². The van der Waals surface area contributed by atoms with Crippen LogP contribution in [0, 0.1) is 5.92 Å². The van der Waals surface area contributed by atoms with E-state index in [0.717, 1.165) is 23.5 Å².